The van der Waals surface area contributed by atoms with Crippen LogP contribution in [0.1, 0.15) is 31.5 Å². The first-order chi connectivity index (χ1) is 13.3. The van der Waals surface area contributed by atoms with Crippen molar-refractivity contribution in [2.24, 2.45) is 0 Å². The summed E-state index contributed by atoms with van der Waals surface area (Å²) in [5.41, 5.74) is 1.80. The molecule has 5 nitrogen and oxygen atoms in total. The number of benzene rings is 1. The van der Waals surface area contributed by atoms with E-state index in [1.54, 1.807) is 4.57 Å². The smallest absolute Gasteiger partial charge is 0.263 e. The number of aromatic nitrogens is 2. The van der Waals surface area contributed by atoms with Crippen molar-refractivity contribution in [2.45, 2.75) is 38.8 Å². The van der Waals surface area contributed by atoms with Gasteiger partial charge >= 0.3 is 0 Å². The highest BCUT2D eigenvalue weighted by molar-refractivity contribution is 7.17. The molecule has 0 bridgehead atoms. The number of likely N-dealkylation sites (tertiary alicyclic amines) is 1. The number of hydrogen-bond acceptors (Lipinski definition) is 5. The molecule has 3 aromatic rings. The van der Waals surface area contributed by atoms with Crippen LogP contribution in [-0.4, -0.2) is 27.5 Å². The van der Waals surface area contributed by atoms with Gasteiger partial charge in [-0.1, -0.05) is 43.2 Å². The third kappa shape index (κ3) is 3.66. The van der Waals surface area contributed by atoms with Gasteiger partial charge in [0.05, 0.1) is 18.0 Å². The van der Waals surface area contributed by atoms with Gasteiger partial charge in [-0.2, -0.15) is 5.26 Å². The van der Waals surface area contributed by atoms with E-state index in [-0.39, 0.29) is 12.1 Å². The summed E-state index contributed by atoms with van der Waals surface area (Å²) < 4.78 is 1.56. The van der Waals surface area contributed by atoms with Gasteiger partial charge in [-0.25, -0.2) is 4.98 Å². The molecule has 0 unspecified atom stereocenters. The Balaban J connectivity index is 1.80. The van der Waals surface area contributed by atoms with E-state index in [4.69, 9.17) is 4.98 Å². The van der Waals surface area contributed by atoms with Crippen LogP contribution < -0.4 is 5.56 Å². The van der Waals surface area contributed by atoms with Crippen LogP contribution in [0.3, 0.4) is 0 Å². The minimum absolute atomic E-state index is 0.0367. The van der Waals surface area contributed by atoms with Crippen LogP contribution in [0.4, 0.5) is 0 Å². The lowest BCUT2D eigenvalue weighted by Crippen LogP contribution is -2.31. The Bertz CT molecular complexity index is 1020. The van der Waals surface area contributed by atoms with Crippen molar-refractivity contribution in [1.29, 1.82) is 5.26 Å². The molecule has 3 heterocycles. The van der Waals surface area contributed by atoms with Crippen molar-refractivity contribution in [1.82, 2.24) is 14.5 Å². The highest BCUT2D eigenvalue weighted by Crippen LogP contribution is 2.31. The van der Waals surface area contributed by atoms with Crippen molar-refractivity contribution >= 4 is 21.6 Å². The van der Waals surface area contributed by atoms with Crippen molar-refractivity contribution in [3.63, 3.8) is 0 Å². The number of thiophene rings is 1. The summed E-state index contributed by atoms with van der Waals surface area (Å²) in [4.78, 5) is 21.2. The Morgan fingerprint density at radius 1 is 1.11 bits per heavy atom. The van der Waals surface area contributed by atoms with Crippen LogP contribution in [0.25, 0.3) is 21.3 Å². The SMILES string of the molecule is N#CCn1c(CN2CCCCCC2)nc2scc(-c3ccccc3)c2c1=O. The highest BCUT2D eigenvalue weighted by atomic mass is 32.1. The molecule has 0 spiro atoms. The Morgan fingerprint density at radius 3 is 2.56 bits per heavy atom. The maximum absolute atomic E-state index is 13.3. The molecule has 1 aromatic carbocycles. The second kappa shape index (κ2) is 8.03. The summed E-state index contributed by atoms with van der Waals surface area (Å²) in [6.45, 7) is 2.72. The minimum Gasteiger partial charge on any atom is -0.296 e. The summed E-state index contributed by atoms with van der Waals surface area (Å²) in [5, 5.41) is 11.9. The average molecular weight is 379 g/mol. The standard InChI is InChI=1S/C21H22N4OS/c22-10-13-25-18(14-24-11-6-1-2-7-12-24)23-20-19(21(25)26)17(15-27-20)16-8-4-3-5-9-16/h3-5,8-9,15H,1-2,6-7,11-14H2. The first-order valence-electron chi connectivity index (χ1n) is 9.43. The molecule has 0 N–H and O–H groups in total. The third-order valence-electron chi connectivity index (χ3n) is 5.15. The van der Waals surface area contributed by atoms with Crippen LogP contribution in [0.15, 0.2) is 40.5 Å². The maximum atomic E-state index is 13.3. The number of rotatable bonds is 4. The maximum Gasteiger partial charge on any atom is 0.263 e. The van der Waals surface area contributed by atoms with Crippen molar-refractivity contribution in [3.8, 4) is 17.2 Å². The van der Waals surface area contributed by atoms with E-state index < -0.39 is 0 Å². The van der Waals surface area contributed by atoms with E-state index in [2.05, 4.69) is 11.0 Å². The first-order valence-corrected chi connectivity index (χ1v) is 10.3. The zero-order chi connectivity index (χ0) is 18.6. The molecule has 2 aromatic heterocycles. The van der Waals surface area contributed by atoms with E-state index in [0.717, 1.165) is 29.0 Å². The molecule has 0 aliphatic carbocycles. The zero-order valence-corrected chi connectivity index (χ0v) is 16.0. The topological polar surface area (TPSA) is 61.9 Å². The van der Waals surface area contributed by atoms with Crippen molar-refractivity contribution < 1.29 is 0 Å². The lowest BCUT2D eigenvalue weighted by Gasteiger charge is -2.21. The monoisotopic (exact) mass is 378 g/mol. The van der Waals surface area contributed by atoms with Gasteiger partial charge in [-0.15, -0.1) is 11.3 Å². The molecule has 0 saturated carbocycles. The number of fused-ring (bicyclic) bond motifs is 1. The molecule has 27 heavy (non-hydrogen) atoms. The number of nitriles is 1. The molecule has 1 aliphatic heterocycles. The molecule has 1 fully saturated rings. The summed E-state index contributed by atoms with van der Waals surface area (Å²) in [5.74, 6) is 0.706. The lowest BCUT2D eigenvalue weighted by molar-refractivity contribution is 0.265. The largest absolute Gasteiger partial charge is 0.296 e. The Morgan fingerprint density at radius 2 is 1.85 bits per heavy atom. The fourth-order valence-electron chi connectivity index (χ4n) is 3.75. The third-order valence-corrected chi connectivity index (χ3v) is 6.02. The molecule has 4 rings (SSSR count). The van der Waals surface area contributed by atoms with E-state index in [9.17, 15) is 10.1 Å². The summed E-state index contributed by atoms with van der Waals surface area (Å²) in [7, 11) is 0. The Kier molecular flexibility index (Phi) is 5.33. The second-order valence-electron chi connectivity index (χ2n) is 6.96. The van der Waals surface area contributed by atoms with Gasteiger partial charge in [0, 0.05) is 10.9 Å². The van der Waals surface area contributed by atoms with Gasteiger partial charge in [-0.3, -0.25) is 14.3 Å². The zero-order valence-electron chi connectivity index (χ0n) is 15.2. The average Bonchev–Trinajstić information content (AvgIpc) is 2.95. The molecule has 0 amide bonds. The van der Waals surface area contributed by atoms with Crippen LogP contribution in [0, 0.1) is 11.3 Å². The summed E-state index contributed by atoms with van der Waals surface area (Å²) >= 11 is 1.50. The van der Waals surface area contributed by atoms with Crippen LogP contribution >= 0.6 is 11.3 Å². The van der Waals surface area contributed by atoms with Gasteiger partial charge in [0.1, 0.15) is 17.2 Å². The molecule has 0 radical (unpaired) electrons. The molecule has 1 saturated heterocycles. The van der Waals surface area contributed by atoms with E-state index >= 15 is 0 Å². The van der Waals surface area contributed by atoms with Gasteiger partial charge in [0.15, 0.2) is 0 Å². The molecule has 0 atom stereocenters. The summed E-state index contributed by atoms with van der Waals surface area (Å²) in [6, 6.07) is 12.0. The minimum atomic E-state index is -0.105. The molecular weight excluding hydrogens is 356 g/mol. The normalized spacial score (nSPS) is 15.5. The Labute approximate surface area is 162 Å². The molecule has 138 valence electrons. The number of hydrogen-bond donors (Lipinski definition) is 0. The van der Waals surface area contributed by atoms with Crippen LogP contribution in [0.5, 0.6) is 0 Å². The van der Waals surface area contributed by atoms with Crippen molar-refractivity contribution in [3.05, 3.63) is 51.9 Å². The van der Waals surface area contributed by atoms with Gasteiger partial charge in [0.25, 0.3) is 5.56 Å². The van der Waals surface area contributed by atoms with Crippen LogP contribution in [-0.2, 0) is 13.1 Å². The molecule has 6 heteroatoms. The second-order valence-corrected chi connectivity index (χ2v) is 7.82. The predicted octanol–water partition coefficient (Wildman–Crippen LogP) is 4.02. The first kappa shape index (κ1) is 17.9. The van der Waals surface area contributed by atoms with Gasteiger partial charge in [0.2, 0.25) is 0 Å². The number of nitrogens with zero attached hydrogens (tertiary/aromatic N) is 4. The summed E-state index contributed by atoms with van der Waals surface area (Å²) in [6.07, 6.45) is 4.89. The lowest BCUT2D eigenvalue weighted by atomic mass is 10.1. The molecular formula is C21H22N4OS. The van der Waals surface area contributed by atoms with E-state index in [1.807, 2.05) is 35.7 Å². The van der Waals surface area contributed by atoms with Crippen LogP contribution in [0.2, 0.25) is 0 Å². The van der Waals surface area contributed by atoms with Gasteiger partial charge in [-0.05, 0) is 31.5 Å². The predicted molar refractivity (Wildman–Crippen MR) is 109 cm³/mol. The fourth-order valence-corrected chi connectivity index (χ4v) is 4.70. The molecule has 1 aliphatic rings. The van der Waals surface area contributed by atoms with E-state index in [1.165, 1.54) is 37.0 Å². The van der Waals surface area contributed by atoms with Gasteiger partial charge < -0.3 is 0 Å². The van der Waals surface area contributed by atoms with E-state index in [0.29, 0.717) is 17.8 Å². The fraction of sp³-hybridized carbons (Fsp3) is 0.381. The Hall–Kier alpha value is -2.49. The van der Waals surface area contributed by atoms with Crippen molar-refractivity contribution in [2.75, 3.05) is 13.1 Å². The quantitative estimate of drug-likeness (QED) is 0.688. The highest BCUT2D eigenvalue weighted by Gasteiger charge is 2.19.